The van der Waals surface area contributed by atoms with Gasteiger partial charge in [-0.1, -0.05) is 60.6 Å². The number of nitrogens with one attached hydrogen (secondary N) is 1. The molecule has 0 spiro atoms. The third kappa shape index (κ3) is 5.03. The molecule has 0 amide bonds. The summed E-state index contributed by atoms with van der Waals surface area (Å²) in [7, 11) is 0. The van der Waals surface area contributed by atoms with Crippen LogP contribution < -0.4 is 5.56 Å². The number of H-pyrrole nitrogens is 1. The van der Waals surface area contributed by atoms with Crippen LogP contribution in [0.3, 0.4) is 0 Å². The van der Waals surface area contributed by atoms with Crippen molar-refractivity contribution in [1.29, 1.82) is 0 Å². The summed E-state index contributed by atoms with van der Waals surface area (Å²) in [5.41, 5.74) is 1.70. The molecule has 0 radical (unpaired) electrons. The minimum atomic E-state index is -0.0923. The van der Waals surface area contributed by atoms with E-state index in [4.69, 9.17) is 4.52 Å². The van der Waals surface area contributed by atoms with Gasteiger partial charge in [-0.15, -0.1) is 0 Å². The van der Waals surface area contributed by atoms with Gasteiger partial charge in [0, 0.05) is 29.5 Å². The Morgan fingerprint density at radius 2 is 2.00 bits per heavy atom. The predicted octanol–water partition coefficient (Wildman–Crippen LogP) is 3.50. The normalized spacial score (nSPS) is 10.9. The van der Waals surface area contributed by atoms with E-state index in [2.05, 4.69) is 27.0 Å². The lowest BCUT2D eigenvalue weighted by Gasteiger charge is -2.02. The van der Waals surface area contributed by atoms with Gasteiger partial charge in [0.25, 0.3) is 5.56 Å². The van der Waals surface area contributed by atoms with E-state index in [-0.39, 0.29) is 5.56 Å². The number of aromatic amines is 1. The lowest BCUT2D eigenvalue weighted by atomic mass is 10.2. The van der Waals surface area contributed by atoms with Crippen LogP contribution in [0, 0.1) is 0 Å². The number of aryl methyl sites for hydroxylation is 2. The molecule has 0 saturated heterocycles. The minimum absolute atomic E-state index is 0.0923. The van der Waals surface area contributed by atoms with Gasteiger partial charge in [0.2, 0.25) is 11.7 Å². The zero-order valence-corrected chi connectivity index (χ0v) is 14.9. The van der Waals surface area contributed by atoms with Crippen molar-refractivity contribution in [1.82, 2.24) is 20.1 Å². The monoisotopic (exact) mass is 356 g/mol. The second-order valence-electron chi connectivity index (χ2n) is 5.62. The average Bonchev–Trinajstić information content (AvgIpc) is 3.08. The highest BCUT2D eigenvalue weighted by atomic mass is 32.2. The van der Waals surface area contributed by atoms with Gasteiger partial charge in [0.1, 0.15) is 0 Å². The Labute approximate surface area is 150 Å². The van der Waals surface area contributed by atoms with Gasteiger partial charge in [-0.05, 0) is 12.8 Å². The van der Waals surface area contributed by atoms with E-state index in [1.165, 1.54) is 0 Å². The molecule has 130 valence electrons. The quantitative estimate of drug-likeness (QED) is 0.378. The van der Waals surface area contributed by atoms with E-state index >= 15 is 0 Å². The summed E-state index contributed by atoms with van der Waals surface area (Å²) in [6.45, 7) is 2.07. The molecule has 1 N–H and O–H groups in total. The van der Waals surface area contributed by atoms with Crippen molar-refractivity contribution in [3.8, 4) is 11.4 Å². The molecule has 7 heteroatoms. The second-order valence-corrected chi connectivity index (χ2v) is 6.71. The summed E-state index contributed by atoms with van der Waals surface area (Å²) in [4.78, 5) is 23.3. The average molecular weight is 356 g/mol. The molecule has 0 aliphatic carbocycles. The molecule has 6 nitrogen and oxygen atoms in total. The summed E-state index contributed by atoms with van der Waals surface area (Å²) in [5, 5.41) is 4.69. The van der Waals surface area contributed by atoms with Gasteiger partial charge >= 0.3 is 0 Å². The highest BCUT2D eigenvalue weighted by Crippen LogP contribution is 2.17. The molecule has 0 fully saturated rings. The highest BCUT2D eigenvalue weighted by molar-refractivity contribution is 7.99. The van der Waals surface area contributed by atoms with Crippen LogP contribution in [0.2, 0.25) is 0 Å². The van der Waals surface area contributed by atoms with Gasteiger partial charge in [-0.25, -0.2) is 4.98 Å². The molecule has 2 aromatic heterocycles. The van der Waals surface area contributed by atoms with Crippen molar-refractivity contribution in [2.45, 2.75) is 37.8 Å². The maximum Gasteiger partial charge on any atom is 0.251 e. The van der Waals surface area contributed by atoms with E-state index in [1.807, 2.05) is 30.3 Å². The van der Waals surface area contributed by atoms with Crippen LogP contribution in [0.5, 0.6) is 0 Å². The topological polar surface area (TPSA) is 84.7 Å². The zero-order valence-electron chi connectivity index (χ0n) is 14.1. The number of rotatable bonds is 8. The van der Waals surface area contributed by atoms with Crippen LogP contribution in [-0.2, 0) is 12.8 Å². The Hall–Kier alpha value is -2.41. The lowest BCUT2D eigenvalue weighted by Crippen LogP contribution is -2.10. The number of thioether (sulfide) groups is 1. The molecule has 0 saturated carbocycles. The Balaban J connectivity index is 1.51. The fourth-order valence-electron chi connectivity index (χ4n) is 2.39. The van der Waals surface area contributed by atoms with Gasteiger partial charge in [0.15, 0.2) is 5.16 Å². The molecule has 3 rings (SSSR count). The summed E-state index contributed by atoms with van der Waals surface area (Å²) in [6.07, 6.45) is 3.36. The molecular weight excluding hydrogens is 336 g/mol. The van der Waals surface area contributed by atoms with E-state index in [0.717, 1.165) is 36.3 Å². The molecule has 25 heavy (non-hydrogen) atoms. The summed E-state index contributed by atoms with van der Waals surface area (Å²) in [6, 6.07) is 11.3. The van der Waals surface area contributed by atoms with Crippen LogP contribution >= 0.6 is 11.8 Å². The van der Waals surface area contributed by atoms with Crippen LogP contribution in [0.25, 0.3) is 11.4 Å². The van der Waals surface area contributed by atoms with E-state index in [9.17, 15) is 4.79 Å². The number of benzene rings is 1. The minimum Gasteiger partial charge on any atom is -0.339 e. The molecule has 0 aliphatic rings. The van der Waals surface area contributed by atoms with Crippen molar-refractivity contribution in [3.05, 3.63) is 58.3 Å². The zero-order chi connectivity index (χ0) is 17.5. The molecule has 3 aromatic rings. The first kappa shape index (κ1) is 17.4. The Morgan fingerprint density at radius 1 is 1.16 bits per heavy atom. The van der Waals surface area contributed by atoms with Gasteiger partial charge in [0.05, 0.1) is 0 Å². The SMILES string of the molecule is CCCc1cc(=O)[nH]c(SCCCc2nc(-c3ccccc3)no2)n1. The lowest BCUT2D eigenvalue weighted by molar-refractivity contribution is 0.378. The smallest absolute Gasteiger partial charge is 0.251 e. The maximum absolute atomic E-state index is 11.6. The van der Waals surface area contributed by atoms with Crippen molar-refractivity contribution in [3.63, 3.8) is 0 Å². The number of hydrogen-bond donors (Lipinski definition) is 1. The number of nitrogens with zero attached hydrogens (tertiary/aromatic N) is 3. The summed E-state index contributed by atoms with van der Waals surface area (Å²) in [5.74, 6) is 2.06. The maximum atomic E-state index is 11.6. The molecule has 2 heterocycles. The number of aromatic nitrogens is 4. The summed E-state index contributed by atoms with van der Waals surface area (Å²) < 4.78 is 5.30. The van der Waals surface area contributed by atoms with Crippen LogP contribution in [0.4, 0.5) is 0 Å². The second kappa shape index (κ2) is 8.62. The van der Waals surface area contributed by atoms with Gasteiger partial charge in [-0.3, -0.25) is 4.79 Å². The fourth-order valence-corrected chi connectivity index (χ4v) is 3.23. The van der Waals surface area contributed by atoms with E-state index in [0.29, 0.717) is 23.3 Å². The first-order chi connectivity index (χ1) is 12.2. The number of hydrogen-bond acceptors (Lipinski definition) is 6. The van der Waals surface area contributed by atoms with Crippen LogP contribution in [-0.4, -0.2) is 25.9 Å². The fraction of sp³-hybridized carbons (Fsp3) is 0.333. The predicted molar refractivity (Wildman–Crippen MR) is 97.6 cm³/mol. The van der Waals surface area contributed by atoms with E-state index < -0.39 is 0 Å². The Morgan fingerprint density at radius 3 is 2.80 bits per heavy atom. The van der Waals surface area contributed by atoms with Gasteiger partial charge < -0.3 is 9.51 Å². The van der Waals surface area contributed by atoms with Crippen molar-refractivity contribution in [2.24, 2.45) is 0 Å². The Bertz CT molecular complexity index is 861. The third-order valence-electron chi connectivity index (χ3n) is 3.55. The highest BCUT2D eigenvalue weighted by Gasteiger charge is 2.08. The van der Waals surface area contributed by atoms with Crippen LogP contribution in [0.1, 0.15) is 31.4 Å². The molecule has 0 atom stereocenters. The first-order valence-electron chi connectivity index (χ1n) is 8.35. The molecule has 0 unspecified atom stereocenters. The standard InChI is InChI=1S/C18H20N4O2S/c1-2-7-14-12-15(23)20-18(19-14)25-11-6-10-16-21-17(22-24-16)13-8-4-3-5-9-13/h3-5,8-9,12H,2,6-7,10-11H2,1H3,(H,19,20,23). The molecule has 1 aromatic carbocycles. The first-order valence-corrected chi connectivity index (χ1v) is 9.34. The molecular formula is C18H20N4O2S. The van der Waals surface area contributed by atoms with Crippen LogP contribution in [0.15, 0.2) is 50.9 Å². The Kier molecular flexibility index (Phi) is 6.00. The summed E-state index contributed by atoms with van der Waals surface area (Å²) >= 11 is 1.54. The molecule has 0 aliphatic heterocycles. The van der Waals surface area contributed by atoms with E-state index in [1.54, 1.807) is 17.8 Å². The van der Waals surface area contributed by atoms with Crippen molar-refractivity contribution in [2.75, 3.05) is 5.75 Å². The molecule has 0 bridgehead atoms. The van der Waals surface area contributed by atoms with Gasteiger partial charge in [-0.2, -0.15) is 4.98 Å². The van der Waals surface area contributed by atoms with Crippen molar-refractivity contribution < 1.29 is 4.52 Å². The van der Waals surface area contributed by atoms with Crippen molar-refractivity contribution >= 4 is 11.8 Å². The largest absolute Gasteiger partial charge is 0.339 e. The third-order valence-corrected chi connectivity index (χ3v) is 4.51.